The number of rotatable bonds is 5. The molecule has 1 spiro atoms. The molecule has 2 aliphatic rings. The molecular weight excluding hydrogens is 214 g/mol. The number of aliphatic hydroxyl groups excluding tert-OH is 1. The number of hydrogen-bond donors (Lipinski definition) is 2. The van der Waals surface area contributed by atoms with Crippen molar-refractivity contribution in [1.82, 2.24) is 5.32 Å². The molecule has 1 aliphatic carbocycles. The zero-order chi connectivity index (χ0) is 12.1. The van der Waals surface area contributed by atoms with E-state index in [0.717, 1.165) is 19.4 Å². The van der Waals surface area contributed by atoms with Crippen LogP contribution in [0.3, 0.4) is 0 Å². The Labute approximate surface area is 105 Å². The monoisotopic (exact) mass is 241 g/mol. The quantitative estimate of drug-likeness (QED) is 0.775. The predicted octanol–water partition coefficient (Wildman–Crippen LogP) is 2.23. The highest BCUT2D eigenvalue weighted by Gasteiger charge is 2.40. The second-order valence-electron chi connectivity index (χ2n) is 5.72. The van der Waals surface area contributed by atoms with Gasteiger partial charge in [0.1, 0.15) is 0 Å². The SMILES string of the molecule is CCNCC(O)CC1CCC2(CCCCC2)O1. The Morgan fingerprint density at radius 2 is 2.06 bits per heavy atom. The fourth-order valence-electron chi connectivity index (χ4n) is 3.32. The van der Waals surface area contributed by atoms with Crippen LogP contribution >= 0.6 is 0 Å². The molecule has 1 saturated carbocycles. The lowest BCUT2D eigenvalue weighted by Crippen LogP contribution is -2.34. The van der Waals surface area contributed by atoms with Crippen molar-refractivity contribution in [3.63, 3.8) is 0 Å². The van der Waals surface area contributed by atoms with Gasteiger partial charge in [0.15, 0.2) is 0 Å². The molecule has 0 bridgehead atoms. The lowest BCUT2D eigenvalue weighted by atomic mass is 9.83. The first kappa shape index (κ1) is 13.3. The standard InChI is InChI=1S/C14H27NO2/c1-2-15-11-12(16)10-13-6-9-14(17-13)7-4-3-5-8-14/h12-13,15-16H,2-11H2,1H3. The van der Waals surface area contributed by atoms with E-state index < -0.39 is 0 Å². The topological polar surface area (TPSA) is 41.5 Å². The zero-order valence-electron chi connectivity index (χ0n) is 11.1. The fourth-order valence-corrected chi connectivity index (χ4v) is 3.32. The summed E-state index contributed by atoms with van der Waals surface area (Å²) in [5.41, 5.74) is 0.195. The van der Waals surface area contributed by atoms with E-state index in [2.05, 4.69) is 12.2 Å². The highest BCUT2D eigenvalue weighted by atomic mass is 16.5. The molecule has 0 radical (unpaired) electrons. The second-order valence-corrected chi connectivity index (χ2v) is 5.72. The van der Waals surface area contributed by atoms with E-state index >= 15 is 0 Å². The average Bonchev–Trinajstić information content (AvgIpc) is 2.70. The van der Waals surface area contributed by atoms with Crippen molar-refractivity contribution < 1.29 is 9.84 Å². The summed E-state index contributed by atoms with van der Waals surface area (Å²) in [5.74, 6) is 0. The largest absolute Gasteiger partial charge is 0.392 e. The first-order chi connectivity index (χ1) is 8.24. The van der Waals surface area contributed by atoms with E-state index in [-0.39, 0.29) is 11.7 Å². The Morgan fingerprint density at radius 1 is 1.29 bits per heavy atom. The van der Waals surface area contributed by atoms with Crippen molar-refractivity contribution in [2.75, 3.05) is 13.1 Å². The van der Waals surface area contributed by atoms with Crippen LogP contribution in [0.15, 0.2) is 0 Å². The van der Waals surface area contributed by atoms with Crippen LogP contribution in [0.4, 0.5) is 0 Å². The molecule has 2 unspecified atom stereocenters. The van der Waals surface area contributed by atoms with Crippen LogP contribution in [0.2, 0.25) is 0 Å². The summed E-state index contributed by atoms with van der Waals surface area (Å²) in [7, 11) is 0. The van der Waals surface area contributed by atoms with Crippen LogP contribution in [0.25, 0.3) is 0 Å². The summed E-state index contributed by atoms with van der Waals surface area (Å²) in [5, 5.41) is 13.1. The molecule has 100 valence electrons. The van der Waals surface area contributed by atoms with Crippen molar-refractivity contribution in [3.05, 3.63) is 0 Å². The van der Waals surface area contributed by atoms with E-state index in [4.69, 9.17) is 4.74 Å². The molecule has 0 aromatic carbocycles. The first-order valence-electron chi connectivity index (χ1n) is 7.31. The van der Waals surface area contributed by atoms with Gasteiger partial charge in [-0.3, -0.25) is 0 Å². The Morgan fingerprint density at radius 3 is 2.76 bits per heavy atom. The summed E-state index contributed by atoms with van der Waals surface area (Å²) in [4.78, 5) is 0. The van der Waals surface area contributed by atoms with Crippen molar-refractivity contribution in [3.8, 4) is 0 Å². The van der Waals surface area contributed by atoms with Gasteiger partial charge >= 0.3 is 0 Å². The predicted molar refractivity (Wildman–Crippen MR) is 69.1 cm³/mol. The van der Waals surface area contributed by atoms with Crippen LogP contribution in [0.1, 0.15) is 58.3 Å². The molecule has 3 nitrogen and oxygen atoms in total. The van der Waals surface area contributed by atoms with E-state index in [0.29, 0.717) is 12.6 Å². The Bertz CT molecular complexity index is 226. The summed E-state index contributed by atoms with van der Waals surface area (Å²) in [6.07, 6.45) is 9.71. The van der Waals surface area contributed by atoms with Gasteiger partial charge in [-0.2, -0.15) is 0 Å². The van der Waals surface area contributed by atoms with Crippen molar-refractivity contribution in [2.45, 2.75) is 76.1 Å². The average molecular weight is 241 g/mol. The van der Waals surface area contributed by atoms with Crippen molar-refractivity contribution in [2.24, 2.45) is 0 Å². The molecule has 0 aromatic heterocycles. The molecule has 2 atom stereocenters. The molecule has 1 aliphatic heterocycles. The maximum Gasteiger partial charge on any atom is 0.0689 e. The van der Waals surface area contributed by atoms with Gasteiger partial charge in [-0.25, -0.2) is 0 Å². The minimum absolute atomic E-state index is 0.195. The van der Waals surface area contributed by atoms with Gasteiger partial charge < -0.3 is 15.2 Å². The van der Waals surface area contributed by atoms with E-state index in [1.54, 1.807) is 0 Å². The molecule has 0 aromatic rings. The number of likely N-dealkylation sites (N-methyl/N-ethyl adjacent to an activating group) is 1. The smallest absolute Gasteiger partial charge is 0.0689 e. The molecule has 3 heteroatoms. The highest BCUT2D eigenvalue weighted by Crippen LogP contribution is 2.42. The first-order valence-corrected chi connectivity index (χ1v) is 7.31. The third-order valence-electron chi connectivity index (χ3n) is 4.27. The normalized spacial score (nSPS) is 29.6. The fraction of sp³-hybridized carbons (Fsp3) is 1.00. The summed E-state index contributed by atoms with van der Waals surface area (Å²) in [6.45, 7) is 3.69. The lowest BCUT2D eigenvalue weighted by molar-refractivity contribution is -0.0752. The molecule has 2 rings (SSSR count). The number of nitrogens with one attached hydrogen (secondary N) is 1. The van der Waals surface area contributed by atoms with Crippen LogP contribution in [-0.4, -0.2) is 36.0 Å². The lowest BCUT2D eigenvalue weighted by Gasteiger charge is -2.33. The maximum atomic E-state index is 9.88. The van der Waals surface area contributed by atoms with Crippen LogP contribution in [0, 0.1) is 0 Å². The van der Waals surface area contributed by atoms with Gasteiger partial charge in [0.05, 0.1) is 17.8 Å². The Balaban J connectivity index is 1.73. The van der Waals surface area contributed by atoms with E-state index in [1.807, 2.05) is 0 Å². The van der Waals surface area contributed by atoms with Crippen molar-refractivity contribution >= 4 is 0 Å². The number of hydrogen-bond acceptors (Lipinski definition) is 3. The minimum atomic E-state index is -0.251. The van der Waals surface area contributed by atoms with Gasteiger partial charge in [-0.05, 0) is 32.2 Å². The maximum absolute atomic E-state index is 9.88. The van der Waals surface area contributed by atoms with E-state index in [9.17, 15) is 5.11 Å². The van der Waals surface area contributed by atoms with Crippen LogP contribution in [0.5, 0.6) is 0 Å². The molecule has 2 N–H and O–H groups in total. The molecular formula is C14H27NO2. The third kappa shape index (κ3) is 3.67. The second kappa shape index (κ2) is 6.17. The third-order valence-corrected chi connectivity index (χ3v) is 4.27. The summed E-state index contributed by atoms with van der Waals surface area (Å²) >= 11 is 0. The zero-order valence-corrected chi connectivity index (χ0v) is 11.1. The van der Waals surface area contributed by atoms with E-state index in [1.165, 1.54) is 38.5 Å². The van der Waals surface area contributed by atoms with Gasteiger partial charge in [0.25, 0.3) is 0 Å². The highest BCUT2D eigenvalue weighted by molar-refractivity contribution is 4.91. The van der Waals surface area contributed by atoms with Crippen LogP contribution in [-0.2, 0) is 4.74 Å². The Hall–Kier alpha value is -0.120. The van der Waals surface area contributed by atoms with Crippen molar-refractivity contribution in [1.29, 1.82) is 0 Å². The molecule has 17 heavy (non-hydrogen) atoms. The molecule has 1 heterocycles. The van der Waals surface area contributed by atoms with Gasteiger partial charge in [-0.15, -0.1) is 0 Å². The Kier molecular flexibility index (Phi) is 4.83. The van der Waals surface area contributed by atoms with Gasteiger partial charge in [0.2, 0.25) is 0 Å². The summed E-state index contributed by atoms with van der Waals surface area (Å²) < 4.78 is 6.25. The molecule has 2 fully saturated rings. The van der Waals surface area contributed by atoms with Crippen LogP contribution < -0.4 is 5.32 Å². The van der Waals surface area contributed by atoms with Gasteiger partial charge in [0, 0.05) is 13.0 Å². The molecule has 1 saturated heterocycles. The number of ether oxygens (including phenoxy) is 1. The summed E-state index contributed by atoms with van der Waals surface area (Å²) in [6, 6.07) is 0. The minimum Gasteiger partial charge on any atom is -0.392 e. The molecule has 0 amide bonds. The van der Waals surface area contributed by atoms with Gasteiger partial charge in [-0.1, -0.05) is 26.2 Å². The number of aliphatic hydroxyl groups is 1.